The molecule has 0 aliphatic carbocycles. The molecule has 0 fully saturated rings. The highest BCUT2D eigenvalue weighted by Crippen LogP contribution is 2.25. The van der Waals surface area contributed by atoms with Crippen molar-refractivity contribution in [2.45, 2.75) is 27.7 Å². The molecule has 3 aromatic rings. The number of hydrogen-bond donors (Lipinski definition) is 0. The van der Waals surface area contributed by atoms with Crippen LogP contribution in [0.1, 0.15) is 27.7 Å². The molecule has 0 nitrogen and oxygen atoms in total. The molecule has 0 saturated carbocycles. The molecule has 0 bridgehead atoms. The fraction of sp³-hybridized carbons (Fsp3) is 0.182. The van der Waals surface area contributed by atoms with Gasteiger partial charge in [0.1, 0.15) is 0 Å². The average molecular weight is 290 g/mol. The number of hydrogen-bond acceptors (Lipinski definition) is 0. The van der Waals surface area contributed by atoms with Crippen LogP contribution in [0.15, 0.2) is 84.9 Å². The Hall–Kier alpha value is -2.34. The number of rotatable bonds is 2. The van der Waals surface area contributed by atoms with Crippen molar-refractivity contribution in [1.82, 2.24) is 0 Å². The van der Waals surface area contributed by atoms with E-state index in [1.807, 2.05) is 39.8 Å². The lowest BCUT2D eigenvalue weighted by Crippen LogP contribution is -1.80. The maximum atomic E-state index is 2.24. The molecule has 0 saturated heterocycles. The second kappa shape index (κ2) is 10.4. The largest absolute Gasteiger partial charge is 0.0683 e. The van der Waals surface area contributed by atoms with E-state index in [1.165, 1.54) is 22.3 Å². The van der Waals surface area contributed by atoms with Gasteiger partial charge in [0.25, 0.3) is 0 Å². The normalized spacial score (nSPS) is 8.91. The van der Waals surface area contributed by atoms with Crippen molar-refractivity contribution in [3.05, 3.63) is 84.9 Å². The van der Waals surface area contributed by atoms with Gasteiger partial charge in [0.05, 0.1) is 0 Å². The van der Waals surface area contributed by atoms with Gasteiger partial charge in [-0.3, -0.25) is 0 Å². The lowest BCUT2D eigenvalue weighted by Gasteiger charge is -2.05. The molecule has 0 spiro atoms. The Kier molecular flexibility index (Phi) is 8.37. The fourth-order valence-electron chi connectivity index (χ4n) is 2.14. The first-order chi connectivity index (χ1) is 10.9. The molecule has 0 heterocycles. The third kappa shape index (κ3) is 4.89. The van der Waals surface area contributed by atoms with Crippen molar-refractivity contribution in [2.24, 2.45) is 0 Å². The third-order valence-electron chi connectivity index (χ3n) is 3.08. The predicted molar refractivity (Wildman–Crippen MR) is 100 cm³/mol. The van der Waals surface area contributed by atoms with Crippen LogP contribution in [0.25, 0.3) is 22.3 Å². The molecule has 3 aromatic carbocycles. The standard InChI is InChI=1S/C18H14.2C2H6/c1-3-8-15(9-4-1)17-12-7-13-18(14-17)16-10-5-2-6-11-16;2*1-2/h1-14H;2*1-2H3. The Morgan fingerprint density at radius 1 is 0.364 bits per heavy atom. The van der Waals surface area contributed by atoms with Crippen molar-refractivity contribution in [3.63, 3.8) is 0 Å². The lowest BCUT2D eigenvalue weighted by molar-refractivity contribution is 1.50. The molecule has 0 unspecified atom stereocenters. The second-order valence-electron chi connectivity index (χ2n) is 4.31. The molecule has 0 aromatic heterocycles. The van der Waals surface area contributed by atoms with E-state index in [0.29, 0.717) is 0 Å². The molecular weight excluding hydrogens is 264 g/mol. The predicted octanol–water partition coefficient (Wildman–Crippen LogP) is 7.07. The van der Waals surface area contributed by atoms with Gasteiger partial charge < -0.3 is 0 Å². The van der Waals surface area contributed by atoms with Crippen LogP contribution in [0.4, 0.5) is 0 Å². The van der Waals surface area contributed by atoms with E-state index in [2.05, 4.69) is 72.8 Å². The van der Waals surface area contributed by atoms with E-state index in [0.717, 1.165) is 0 Å². The van der Waals surface area contributed by atoms with Crippen LogP contribution in [0.5, 0.6) is 0 Å². The molecule has 0 N–H and O–H groups in total. The summed E-state index contributed by atoms with van der Waals surface area (Å²) in [5.74, 6) is 0. The summed E-state index contributed by atoms with van der Waals surface area (Å²) in [7, 11) is 0. The SMILES string of the molecule is CC.CC.c1ccc(-c2cccc(-c3ccccc3)c2)cc1. The molecule has 3 rings (SSSR count). The zero-order valence-corrected chi connectivity index (χ0v) is 14.1. The molecule has 0 heteroatoms. The summed E-state index contributed by atoms with van der Waals surface area (Å²) in [6.45, 7) is 8.00. The van der Waals surface area contributed by atoms with E-state index in [1.54, 1.807) is 0 Å². The highest BCUT2D eigenvalue weighted by Gasteiger charge is 2.00. The zero-order chi connectivity index (χ0) is 16.2. The molecule has 0 aliphatic rings. The van der Waals surface area contributed by atoms with Crippen molar-refractivity contribution < 1.29 is 0 Å². The van der Waals surface area contributed by atoms with Gasteiger partial charge in [0.15, 0.2) is 0 Å². The van der Waals surface area contributed by atoms with Gasteiger partial charge in [-0.1, -0.05) is 107 Å². The first kappa shape index (κ1) is 17.7. The van der Waals surface area contributed by atoms with Crippen molar-refractivity contribution in [2.75, 3.05) is 0 Å². The minimum atomic E-state index is 1.26. The smallest absolute Gasteiger partial charge is 0.0178 e. The van der Waals surface area contributed by atoms with E-state index in [9.17, 15) is 0 Å². The summed E-state index contributed by atoms with van der Waals surface area (Å²) < 4.78 is 0. The van der Waals surface area contributed by atoms with Gasteiger partial charge in [-0.25, -0.2) is 0 Å². The maximum absolute atomic E-state index is 2.24. The molecule has 0 amide bonds. The van der Waals surface area contributed by atoms with E-state index in [4.69, 9.17) is 0 Å². The molecule has 22 heavy (non-hydrogen) atoms. The van der Waals surface area contributed by atoms with Crippen LogP contribution in [0.2, 0.25) is 0 Å². The summed E-state index contributed by atoms with van der Waals surface area (Å²) in [5.41, 5.74) is 5.04. The van der Waals surface area contributed by atoms with Gasteiger partial charge in [0, 0.05) is 0 Å². The fourth-order valence-corrected chi connectivity index (χ4v) is 2.14. The van der Waals surface area contributed by atoms with Crippen LogP contribution in [0, 0.1) is 0 Å². The average Bonchev–Trinajstić information content (AvgIpc) is 2.67. The highest BCUT2D eigenvalue weighted by atomic mass is 14.0. The molecule has 0 aliphatic heterocycles. The summed E-state index contributed by atoms with van der Waals surface area (Å²) in [5, 5.41) is 0. The minimum Gasteiger partial charge on any atom is -0.0683 e. The van der Waals surface area contributed by atoms with E-state index < -0.39 is 0 Å². The molecular formula is C22H26. The summed E-state index contributed by atoms with van der Waals surface area (Å²) in [4.78, 5) is 0. The zero-order valence-electron chi connectivity index (χ0n) is 14.1. The topological polar surface area (TPSA) is 0 Å². The highest BCUT2D eigenvalue weighted by molar-refractivity contribution is 5.72. The second-order valence-corrected chi connectivity index (χ2v) is 4.31. The molecule has 114 valence electrons. The van der Waals surface area contributed by atoms with Gasteiger partial charge in [-0.2, -0.15) is 0 Å². The van der Waals surface area contributed by atoms with Gasteiger partial charge >= 0.3 is 0 Å². The molecule has 0 atom stereocenters. The van der Waals surface area contributed by atoms with Crippen molar-refractivity contribution >= 4 is 0 Å². The van der Waals surface area contributed by atoms with Crippen LogP contribution in [-0.4, -0.2) is 0 Å². The Balaban J connectivity index is 0.000000561. The van der Waals surface area contributed by atoms with Gasteiger partial charge in [0.2, 0.25) is 0 Å². The Bertz CT molecular complexity index is 570. The maximum Gasteiger partial charge on any atom is -0.0178 e. The number of benzene rings is 3. The Labute approximate surface area is 135 Å². The minimum absolute atomic E-state index is 1.26. The first-order valence-corrected chi connectivity index (χ1v) is 8.14. The van der Waals surface area contributed by atoms with Gasteiger partial charge in [-0.05, 0) is 28.3 Å². The third-order valence-corrected chi connectivity index (χ3v) is 3.08. The Morgan fingerprint density at radius 3 is 1.05 bits per heavy atom. The Morgan fingerprint density at radius 2 is 0.682 bits per heavy atom. The quantitative estimate of drug-likeness (QED) is 0.473. The van der Waals surface area contributed by atoms with Gasteiger partial charge in [-0.15, -0.1) is 0 Å². The lowest BCUT2D eigenvalue weighted by atomic mass is 9.99. The van der Waals surface area contributed by atoms with Crippen LogP contribution >= 0.6 is 0 Å². The van der Waals surface area contributed by atoms with E-state index >= 15 is 0 Å². The van der Waals surface area contributed by atoms with Crippen LogP contribution in [0.3, 0.4) is 0 Å². The van der Waals surface area contributed by atoms with Crippen molar-refractivity contribution in [1.29, 1.82) is 0 Å². The van der Waals surface area contributed by atoms with Crippen molar-refractivity contribution in [3.8, 4) is 22.3 Å². The van der Waals surface area contributed by atoms with E-state index in [-0.39, 0.29) is 0 Å². The van der Waals surface area contributed by atoms with Crippen LogP contribution in [-0.2, 0) is 0 Å². The summed E-state index contributed by atoms with van der Waals surface area (Å²) in [6, 6.07) is 29.6. The summed E-state index contributed by atoms with van der Waals surface area (Å²) >= 11 is 0. The molecule has 0 radical (unpaired) electrons. The monoisotopic (exact) mass is 290 g/mol. The summed E-state index contributed by atoms with van der Waals surface area (Å²) in [6.07, 6.45) is 0. The first-order valence-electron chi connectivity index (χ1n) is 8.14. The van der Waals surface area contributed by atoms with Crippen LogP contribution < -0.4 is 0 Å².